The van der Waals surface area contributed by atoms with E-state index in [1.807, 2.05) is 43.3 Å². The molecule has 0 amide bonds. The third-order valence-electron chi connectivity index (χ3n) is 5.50. The van der Waals surface area contributed by atoms with Crippen molar-refractivity contribution < 1.29 is 14.6 Å². The Balaban J connectivity index is 1.69. The number of carboxylic acid groups (broad SMARTS) is 1. The Hall–Kier alpha value is -3.07. The number of carbonyl (C=O) groups is 1. The average Bonchev–Trinajstić information content (AvgIpc) is 2.68. The summed E-state index contributed by atoms with van der Waals surface area (Å²) in [5, 5.41) is 9.50. The second-order valence-corrected chi connectivity index (χ2v) is 7.71. The number of hydrogen-bond acceptors (Lipinski definition) is 2. The fraction of sp³-hybridized carbons (Fsp3) is 0.269. The molecule has 0 unspecified atom stereocenters. The van der Waals surface area contributed by atoms with E-state index in [4.69, 9.17) is 4.74 Å². The Morgan fingerprint density at radius 2 is 1.52 bits per heavy atom. The first-order valence-corrected chi connectivity index (χ1v) is 9.95. The molecule has 0 saturated carbocycles. The van der Waals surface area contributed by atoms with Crippen LogP contribution in [0.15, 0.2) is 54.6 Å². The fourth-order valence-corrected chi connectivity index (χ4v) is 3.65. The molecule has 0 spiro atoms. The smallest absolute Gasteiger partial charge is 0.336 e. The van der Waals surface area contributed by atoms with Crippen LogP contribution in [0.1, 0.15) is 49.3 Å². The van der Waals surface area contributed by atoms with Gasteiger partial charge in [-0.1, -0.05) is 42.5 Å². The summed E-state index contributed by atoms with van der Waals surface area (Å²) in [5.41, 5.74) is 8.24. The SMILES string of the molecule is Cc1cc(C)c(COc2cccc(CCc3cccc(C)c3C(=O)O)c2)cc1C. The van der Waals surface area contributed by atoms with Gasteiger partial charge in [-0.3, -0.25) is 0 Å². The first-order valence-electron chi connectivity index (χ1n) is 9.95. The van der Waals surface area contributed by atoms with Gasteiger partial charge >= 0.3 is 5.97 Å². The molecule has 0 fully saturated rings. The van der Waals surface area contributed by atoms with Gasteiger partial charge < -0.3 is 9.84 Å². The highest BCUT2D eigenvalue weighted by atomic mass is 16.5. The zero-order valence-electron chi connectivity index (χ0n) is 17.6. The Labute approximate surface area is 173 Å². The lowest BCUT2D eigenvalue weighted by Gasteiger charge is -2.13. The molecule has 150 valence electrons. The molecule has 0 atom stereocenters. The minimum absolute atomic E-state index is 0.421. The van der Waals surface area contributed by atoms with E-state index in [0.717, 1.165) is 28.9 Å². The second-order valence-electron chi connectivity index (χ2n) is 7.71. The van der Waals surface area contributed by atoms with Crippen LogP contribution in [-0.2, 0) is 19.4 Å². The molecule has 29 heavy (non-hydrogen) atoms. The van der Waals surface area contributed by atoms with E-state index in [1.165, 1.54) is 22.3 Å². The first-order chi connectivity index (χ1) is 13.8. The maximum absolute atomic E-state index is 11.6. The van der Waals surface area contributed by atoms with Crippen LogP contribution in [0.4, 0.5) is 0 Å². The lowest BCUT2D eigenvalue weighted by atomic mass is 9.96. The molecule has 0 aliphatic rings. The van der Waals surface area contributed by atoms with Crippen molar-refractivity contribution in [2.24, 2.45) is 0 Å². The van der Waals surface area contributed by atoms with Crippen LogP contribution in [0.25, 0.3) is 0 Å². The molecule has 3 nitrogen and oxygen atoms in total. The molecule has 0 radical (unpaired) electrons. The normalized spacial score (nSPS) is 10.8. The predicted molar refractivity (Wildman–Crippen MR) is 117 cm³/mol. The van der Waals surface area contributed by atoms with Crippen molar-refractivity contribution in [1.29, 1.82) is 0 Å². The van der Waals surface area contributed by atoms with Crippen molar-refractivity contribution in [3.63, 3.8) is 0 Å². The molecule has 0 aliphatic heterocycles. The number of rotatable bonds is 7. The van der Waals surface area contributed by atoms with Gasteiger partial charge in [-0.25, -0.2) is 4.79 Å². The van der Waals surface area contributed by atoms with E-state index < -0.39 is 5.97 Å². The van der Waals surface area contributed by atoms with Crippen molar-refractivity contribution in [3.05, 3.63) is 99.1 Å². The van der Waals surface area contributed by atoms with E-state index in [9.17, 15) is 9.90 Å². The van der Waals surface area contributed by atoms with Gasteiger partial charge in [0, 0.05) is 0 Å². The van der Waals surface area contributed by atoms with Crippen LogP contribution < -0.4 is 4.74 Å². The monoisotopic (exact) mass is 388 g/mol. The van der Waals surface area contributed by atoms with E-state index in [-0.39, 0.29) is 0 Å². The van der Waals surface area contributed by atoms with Gasteiger partial charge in [-0.05, 0) is 91.6 Å². The van der Waals surface area contributed by atoms with Gasteiger partial charge in [0.05, 0.1) is 5.56 Å². The average molecular weight is 389 g/mol. The Bertz CT molecular complexity index is 1030. The lowest BCUT2D eigenvalue weighted by molar-refractivity contribution is 0.0695. The molecule has 0 aromatic heterocycles. The summed E-state index contributed by atoms with van der Waals surface area (Å²) in [6.07, 6.45) is 1.45. The Kier molecular flexibility index (Phi) is 6.38. The molecule has 3 aromatic rings. The summed E-state index contributed by atoms with van der Waals surface area (Å²) in [6.45, 7) is 8.74. The van der Waals surface area contributed by atoms with E-state index in [2.05, 4.69) is 39.0 Å². The highest BCUT2D eigenvalue weighted by molar-refractivity contribution is 5.91. The summed E-state index contributed by atoms with van der Waals surface area (Å²) in [7, 11) is 0. The van der Waals surface area contributed by atoms with Gasteiger partial charge in [0.15, 0.2) is 0 Å². The molecule has 1 N–H and O–H groups in total. The van der Waals surface area contributed by atoms with Gasteiger partial charge in [-0.2, -0.15) is 0 Å². The summed E-state index contributed by atoms with van der Waals surface area (Å²) in [4.78, 5) is 11.6. The van der Waals surface area contributed by atoms with Gasteiger partial charge in [0.25, 0.3) is 0 Å². The molecule has 0 heterocycles. The van der Waals surface area contributed by atoms with Crippen molar-refractivity contribution in [1.82, 2.24) is 0 Å². The summed E-state index contributed by atoms with van der Waals surface area (Å²) in [5.74, 6) is -0.0261. The number of carboxylic acids is 1. The fourth-order valence-electron chi connectivity index (χ4n) is 3.65. The maximum atomic E-state index is 11.6. The van der Waals surface area contributed by atoms with Crippen LogP contribution >= 0.6 is 0 Å². The zero-order chi connectivity index (χ0) is 21.0. The third-order valence-corrected chi connectivity index (χ3v) is 5.50. The summed E-state index contributed by atoms with van der Waals surface area (Å²) >= 11 is 0. The van der Waals surface area contributed by atoms with Crippen LogP contribution in [-0.4, -0.2) is 11.1 Å². The van der Waals surface area contributed by atoms with Crippen LogP contribution in [0.3, 0.4) is 0 Å². The maximum Gasteiger partial charge on any atom is 0.336 e. The van der Waals surface area contributed by atoms with Crippen molar-refractivity contribution in [3.8, 4) is 5.75 Å². The number of benzene rings is 3. The molecular weight excluding hydrogens is 360 g/mol. The second kappa shape index (κ2) is 8.95. The minimum Gasteiger partial charge on any atom is -0.489 e. The van der Waals surface area contributed by atoms with E-state index in [0.29, 0.717) is 18.6 Å². The Morgan fingerprint density at radius 1 is 0.793 bits per heavy atom. The predicted octanol–water partition coefficient (Wildman–Crippen LogP) is 5.98. The lowest BCUT2D eigenvalue weighted by Crippen LogP contribution is -2.06. The van der Waals surface area contributed by atoms with E-state index in [1.54, 1.807) is 0 Å². The molecule has 0 aliphatic carbocycles. The standard InChI is InChI=1S/C26H28O3/c1-17-7-5-9-22(25(17)26(27)28)12-11-21-8-6-10-24(15-21)29-16-23-14-19(3)18(2)13-20(23)4/h5-10,13-15H,11-12,16H2,1-4H3,(H,27,28). The highest BCUT2D eigenvalue weighted by Gasteiger charge is 2.12. The Morgan fingerprint density at radius 3 is 2.28 bits per heavy atom. The number of ether oxygens (including phenoxy) is 1. The molecule has 3 rings (SSSR count). The minimum atomic E-state index is -0.862. The topological polar surface area (TPSA) is 46.5 Å². The summed E-state index contributed by atoms with van der Waals surface area (Å²) in [6, 6.07) is 18.1. The van der Waals surface area contributed by atoms with Gasteiger partial charge in [-0.15, -0.1) is 0 Å². The molecule has 0 bridgehead atoms. The quantitative estimate of drug-likeness (QED) is 0.541. The van der Waals surface area contributed by atoms with Crippen molar-refractivity contribution in [2.45, 2.75) is 47.1 Å². The zero-order valence-corrected chi connectivity index (χ0v) is 17.6. The number of hydrogen-bond donors (Lipinski definition) is 1. The van der Waals surface area contributed by atoms with Crippen LogP contribution in [0.2, 0.25) is 0 Å². The van der Waals surface area contributed by atoms with E-state index >= 15 is 0 Å². The summed E-state index contributed by atoms with van der Waals surface area (Å²) < 4.78 is 6.05. The van der Waals surface area contributed by atoms with Gasteiger partial charge in [0.2, 0.25) is 0 Å². The highest BCUT2D eigenvalue weighted by Crippen LogP contribution is 2.21. The molecule has 3 aromatic carbocycles. The molecular formula is C26H28O3. The van der Waals surface area contributed by atoms with Crippen molar-refractivity contribution in [2.75, 3.05) is 0 Å². The number of aromatic carboxylic acids is 1. The number of aryl methyl sites for hydroxylation is 6. The third kappa shape index (κ3) is 5.05. The largest absolute Gasteiger partial charge is 0.489 e. The van der Waals surface area contributed by atoms with Gasteiger partial charge in [0.1, 0.15) is 12.4 Å². The van der Waals surface area contributed by atoms with Crippen LogP contribution in [0, 0.1) is 27.7 Å². The molecule has 3 heteroatoms. The van der Waals surface area contributed by atoms with Crippen molar-refractivity contribution >= 4 is 5.97 Å². The first kappa shape index (κ1) is 20.7. The molecule has 0 saturated heterocycles. The van der Waals surface area contributed by atoms with Crippen LogP contribution in [0.5, 0.6) is 5.75 Å².